The molecule has 1 fully saturated rings. The molecule has 5 nitrogen and oxygen atoms in total. The molecule has 0 spiro atoms. The van der Waals surface area contributed by atoms with Gasteiger partial charge in [-0.3, -0.25) is 4.79 Å². The Bertz CT molecular complexity index is 857. The molecule has 160 valence electrons. The molecule has 2 aromatic rings. The molecular formula is C24H30ClN3O2. The minimum absolute atomic E-state index is 0.115. The number of anilines is 1. The van der Waals surface area contributed by atoms with Crippen molar-refractivity contribution in [2.24, 2.45) is 5.92 Å². The standard InChI is InChI=1S/C24H30ClN3O2/c1-17(2)16-19-4-6-20(7-5-19)18(3)23(29)27-12-14-28(15-13-27)24(30)26-22-10-8-21(25)9-11-22/h4-11,17-18H,12-16H2,1-3H3,(H,26,30). The summed E-state index contributed by atoms with van der Waals surface area (Å²) in [6.07, 6.45) is 1.04. The molecule has 1 aliphatic heterocycles. The first-order valence-electron chi connectivity index (χ1n) is 10.5. The summed E-state index contributed by atoms with van der Waals surface area (Å²) in [6, 6.07) is 15.2. The molecule has 1 heterocycles. The molecule has 0 bridgehead atoms. The normalized spacial score (nSPS) is 15.2. The molecule has 0 aliphatic carbocycles. The number of benzene rings is 2. The Morgan fingerprint density at radius 3 is 2.03 bits per heavy atom. The number of halogens is 1. The molecular weight excluding hydrogens is 398 g/mol. The minimum atomic E-state index is -0.187. The predicted octanol–water partition coefficient (Wildman–Crippen LogP) is 5.02. The fourth-order valence-corrected chi connectivity index (χ4v) is 3.82. The van der Waals surface area contributed by atoms with Crippen LogP contribution in [0.15, 0.2) is 48.5 Å². The Balaban J connectivity index is 1.51. The highest BCUT2D eigenvalue weighted by molar-refractivity contribution is 6.30. The van der Waals surface area contributed by atoms with Crippen molar-refractivity contribution < 1.29 is 9.59 Å². The Morgan fingerprint density at radius 1 is 0.900 bits per heavy atom. The molecule has 3 rings (SSSR count). The van der Waals surface area contributed by atoms with Crippen molar-refractivity contribution in [1.82, 2.24) is 9.80 Å². The van der Waals surface area contributed by atoms with E-state index in [1.165, 1.54) is 5.56 Å². The van der Waals surface area contributed by atoms with Gasteiger partial charge in [-0.2, -0.15) is 0 Å². The number of piperazine rings is 1. The van der Waals surface area contributed by atoms with Gasteiger partial charge in [0.25, 0.3) is 0 Å². The van der Waals surface area contributed by atoms with Crippen LogP contribution in [0.3, 0.4) is 0 Å². The molecule has 2 aromatic carbocycles. The average molecular weight is 428 g/mol. The number of nitrogens with one attached hydrogen (secondary N) is 1. The van der Waals surface area contributed by atoms with E-state index in [9.17, 15) is 9.59 Å². The molecule has 0 radical (unpaired) electrons. The molecule has 0 aromatic heterocycles. The number of carbonyl (C=O) groups is 2. The lowest BCUT2D eigenvalue weighted by molar-refractivity contribution is -0.133. The fourth-order valence-electron chi connectivity index (χ4n) is 3.70. The van der Waals surface area contributed by atoms with Gasteiger partial charge in [0.05, 0.1) is 5.92 Å². The van der Waals surface area contributed by atoms with Crippen molar-refractivity contribution in [3.63, 3.8) is 0 Å². The highest BCUT2D eigenvalue weighted by Gasteiger charge is 2.27. The van der Waals surface area contributed by atoms with Crippen molar-refractivity contribution in [3.8, 4) is 0 Å². The monoisotopic (exact) mass is 427 g/mol. The summed E-state index contributed by atoms with van der Waals surface area (Å²) in [5, 5.41) is 3.50. The van der Waals surface area contributed by atoms with E-state index in [0.29, 0.717) is 42.8 Å². The maximum absolute atomic E-state index is 13.0. The summed E-state index contributed by atoms with van der Waals surface area (Å²) in [7, 11) is 0. The van der Waals surface area contributed by atoms with Gasteiger partial charge in [-0.1, -0.05) is 49.7 Å². The molecule has 1 saturated heterocycles. The Kier molecular flexibility index (Phi) is 7.38. The zero-order chi connectivity index (χ0) is 21.7. The van der Waals surface area contributed by atoms with Crippen molar-refractivity contribution in [3.05, 3.63) is 64.7 Å². The second kappa shape index (κ2) is 9.98. The van der Waals surface area contributed by atoms with Gasteiger partial charge in [-0.05, 0) is 54.7 Å². The van der Waals surface area contributed by atoms with Crippen LogP contribution in [-0.4, -0.2) is 47.9 Å². The van der Waals surface area contributed by atoms with Gasteiger partial charge in [0, 0.05) is 36.9 Å². The van der Waals surface area contributed by atoms with E-state index in [1.807, 2.05) is 11.8 Å². The first kappa shape index (κ1) is 22.2. The maximum Gasteiger partial charge on any atom is 0.321 e. The number of hydrogen-bond donors (Lipinski definition) is 1. The highest BCUT2D eigenvalue weighted by atomic mass is 35.5. The lowest BCUT2D eigenvalue weighted by atomic mass is 9.95. The third-order valence-corrected chi connectivity index (χ3v) is 5.72. The van der Waals surface area contributed by atoms with Crippen LogP contribution in [0.4, 0.5) is 10.5 Å². The van der Waals surface area contributed by atoms with E-state index in [-0.39, 0.29) is 17.9 Å². The van der Waals surface area contributed by atoms with E-state index in [1.54, 1.807) is 29.2 Å². The zero-order valence-corrected chi connectivity index (χ0v) is 18.7. The SMILES string of the molecule is CC(C)Cc1ccc(C(C)C(=O)N2CCN(C(=O)Nc3ccc(Cl)cc3)CC2)cc1. The zero-order valence-electron chi connectivity index (χ0n) is 17.9. The molecule has 1 atom stereocenters. The van der Waals surface area contributed by atoms with Gasteiger partial charge in [0.2, 0.25) is 5.91 Å². The number of amides is 3. The quantitative estimate of drug-likeness (QED) is 0.728. The van der Waals surface area contributed by atoms with Crippen molar-refractivity contribution in [1.29, 1.82) is 0 Å². The Morgan fingerprint density at radius 2 is 1.47 bits per heavy atom. The van der Waals surface area contributed by atoms with Crippen LogP contribution in [0, 0.1) is 5.92 Å². The van der Waals surface area contributed by atoms with Crippen LogP contribution >= 0.6 is 11.6 Å². The summed E-state index contributed by atoms with van der Waals surface area (Å²) in [5.41, 5.74) is 3.04. The van der Waals surface area contributed by atoms with Crippen LogP contribution in [-0.2, 0) is 11.2 Å². The summed E-state index contributed by atoms with van der Waals surface area (Å²) in [4.78, 5) is 29.0. The lowest BCUT2D eigenvalue weighted by Crippen LogP contribution is -2.52. The molecule has 6 heteroatoms. The molecule has 1 N–H and O–H groups in total. The minimum Gasteiger partial charge on any atom is -0.339 e. The van der Waals surface area contributed by atoms with Crippen LogP contribution in [0.25, 0.3) is 0 Å². The first-order chi connectivity index (χ1) is 14.3. The highest BCUT2D eigenvalue weighted by Crippen LogP contribution is 2.21. The summed E-state index contributed by atoms with van der Waals surface area (Å²) in [6.45, 7) is 8.49. The molecule has 3 amide bonds. The van der Waals surface area contributed by atoms with E-state index in [0.717, 1.165) is 12.0 Å². The van der Waals surface area contributed by atoms with E-state index in [2.05, 4.69) is 43.4 Å². The summed E-state index contributed by atoms with van der Waals surface area (Å²) >= 11 is 5.88. The number of hydrogen-bond acceptors (Lipinski definition) is 2. The van der Waals surface area contributed by atoms with E-state index >= 15 is 0 Å². The van der Waals surface area contributed by atoms with Crippen molar-refractivity contribution >= 4 is 29.2 Å². The number of urea groups is 1. The van der Waals surface area contributed by atoms with Gasteiger partial charge in [0.1, 0.15) is 0 Å². The topological polar surface area (TPSA) is 52.7 Å². The van der Waals surface area contributed by atoms with Crippen molar-refractivity contribution in [2.45, 2.75) is 33.1 Å². The van der Waals surface area contributed by atoms with Gasteiger partial charge in [0.15, 0.2) is 0 Å². The smallest absolute Gasteiger partial charge is 0.321 e. The maximum atomic E-state index is 13.0. The van der Waals surface area contributed by atoms with Gasteiger partial charge in [-0.15, -0.1) is 0 Å². The van der Waals surface area contributed by atoms with Crippen LogP contribution < -0.4 is 5.32 Å². The van der Waals surface area contributed by atoms with Crippen LogP contribution in [0.5, 0.6) is 0 Å². The predicted molar refractivity (Wildman–Crippen MR) is 122 cm³/mol. The number of carbonyl (C=O) groups excluding carboxylic acids is 2. The Labute approximate surface area is 184 Å². The van der Waals surface area contributed by atoms with Gasteiger partial charge < -0.3 is 15.1 Å². The second-order valence-corrected chi connectivity index (χ2v) is 8.75. The van der Waals surface area contributed by atoms with Gasteiger partial charge >= 0.3 is 6.03 Å². The van der Waals surface area contributed by atoms with E-state index in [4.69, 9.17) is 11.6 Å². The third kappa shape index (κ3) is 5.76. The second-order valence-electron chi connectivity index (χ2n) is 8.31. The van der Waals surface area contributed by atoms with Crippen LogP contribution in [0.1, 0.15) is 37.8 Å². The molecule has 1 aliphatic rings. The molecule has 30 heavy (non-hydrogen) atoms. The fraction of sp³-hybridized carbons (Fsp3) is 0.417. The summed E-state index contributed by atoms with van der Waals surface area (Å²) in [5.74, 6) is 0.542. The average Bonchev–Trinajstić information content (AvgIpc) is 2.74. The van der Waals surface area contributed by atoms with E-state index < -0.39 is 0 Å². The van der Waals surface area contributed by atoms with Gasteiger partial charge in [-0.25, -0.2) is 4.79 Å². The Hall–Kier alpha value is -2.53. The molecule has 1 unspecified atom stereocenters. The lowest BCUT2D eigenvalue weighted by Gasteiger charge is -2.36. The molecule has 0 saturated carbocycles. The largest absolute Gasteiger partial charge is 0.339 e. The number of rotatable bonds is 5. The summed E-state index contributed by atoms with van der Waals surface area (Å²) < 4.78 is 0. The first-order valence-corrected chi connectivity index (χ1v) is 10.9. The third-order valence-electron chi connectivity index (χ3n) is 5.47. The van der Waals surface area contributed by atoms with Crippen molar-refractivity contribution in [2.75, 3.05) is 31.5 Å². The number of nitrogens with zero attached hydrogens (tertiary/aromatic N) is 2. The van der Waals surface area contributed by atoms with Crippen LogP contribution in [0.2, 0.25) is 5.02 Å².